The van der Waals surface area contributed by atoms with E-state index in [1.54, 1.807) is 24.7 Å². The van der Waals surface area contributed by atoms with Crippen LogP contribution in [0.2, 0.25) is 0 Å². The van der Waals surface area contributed by atoms with Crippen LogP contribution in [0.4, 0.5) is 0 Å². The minimum atomic E-state index is -0.147. The lowest BCUT2D eigenvalue weighted by Gasteiger charge is -2.16. The Labute approximate surface area is 175 Å². The molecule has 2 aromatic carbocycles. The SMILES string of the molecule is COc1cc(C(=O)c2cc(C3=CC=CC3)ccc2-n2ccnc2)cc(OC)c1OC. The number of carbonyl (C=O) groups excluding carboxylic acids is 1. The number of ketones is 1. The number of allylic oxidation sites excluding steroid dienone is 4. The number of hydrogen-bond donors (Lipinski definition) is 0. The fourth-order valence-electron chi connectivity index (χ4n) is 3.57. The van der Waals surface area contributed by atoms with Crippen LogP contribution >= 0.6 is 0 Å². The van der Waals surface area contributed by atoms with Gasteiger partial charge in [0, 0.05) is 23.5 Å². The van der Waals surface area contributed by atoms with E-state index >= 15 is 0 Å². The van der Waals surface area contributed by atoms with Crippen molar-refractivity contribution in [2.24, 2.45) is 0 Å². The Hall–Kier alpha value is -3.80. The molecule has 152 valence electrons. The molecule has 0 saturated heterocycles. The molecule has 6 heteroatoms. The fraction of sp³-hybridized carbons (Fsp3) is 0.167. The first-order chi connectivity index (χ1) is 14.7. The Kier molecular flexibility index (Phi) is 5.39. The number of rotatable bonds is 7. The van der Waals surface area contributed by atoms with Gasteiger partial charge in [-0.15, -0.1) is 0 Å². The second kappa shape index (κ2) is 8.29. The Balaban J connectivity index is 1.86. The zero-order chi connectivity index (χ0) is 21.1. The molecule has 3 aromatic rings. The van der Waals surface area contributed by atoms with E-state index in [1.165, 1.54) is 26.9 Å². The summed E-state index contributed by atoms with van der Waals surface area (Å²) >= 11 is 0. The third kappa shape index (κ3) is 3.48. The highest BCUT2D eigenvalue weighted by atomic mass is 16.5. The number of nitrogens with zero attached hydrogens (tertiary/aromatic N) is 2. The summed E-state index contributed by atoms with van der Waals surface area (Å²) in [6, 6.07) is 9.25. The molecule has 1 aliphatic carbocycles. The standard InChI is InChI=1S/C24H22N2O4/c1-28-21-13-18(14-22(29-2)24(21)30-3)23(27)19-12-17(16-6-4-5-7-16)8-9-20(19)26-11-10-25-15-26/h4-6,8-15H,7H2,1-3H3. The molecule has 0 N–H and O–H groups in total. The van der Waals surface area contributed by atoms with Crippen LogP contribution in [0.15, 0.2) is 67.3 Å². The summed E-state index contributed by atoms with van der Waals surface area (Å²) in [7, 11) is 4.59. The van der Waals surface area contributed by atoms with Crippen molar-refractivity contribution in [1.29, 1.82) is 0 Å². The maximum absolute atomic E-state index is 13.6. The van der Waals surface area contributed by atoms with E-state index in [1.807, 2.05) is 35.0 Å². The quantitative estimate of drug-likeness (QED) is 0.546. The van der Waals surface area contributed by atoms with Crippen molar-refractivity contribution >= 4 is 11.4 Å². The minimum Gasteiger partial charge on any atom is -0.493 e. The lowest BCUT2D eigenvalue weighted by molar-refractivity contribution is 0.103. The highest BCUT2D eigenvalue weighted by Crippen LogP contribution is 2.39. The van der Waals surface area contributed by atoms with Crippen LogP contribution in [-0.2, 0) is 0 Å². The number of carbonyl (C=O) groups is 1. The predicted molar refractivity (Wildman–Crippen MR) is 115 cm³/mol. The van der Waals surface area contributed by atoms with E-state index in [4.69, 9.17) is 14.2 Å². The normalized spacial score (nSPS) is 12.6. The molecule has 0 spiro atoms. The zero-order valence-corrected chi connectivity index (χ0v) is 17.1. The maximum Gasteiger partial charge on any atom is 0.203 e. The van der Waals surface area contributed by atoms with Gasteiger partial charge in [-0.2, -0.15) is 0 Å². The molecule has 0 bridgehead atoms. The molecule has 0 unspecified atom stereocenters. The number of methoxy groups -OCH3 is 3. The van der Waals surface area contributed by atoms with Gasteiger partial charge in [-0.25, -0.2) is 4.98 Å². The molecule has 4 rings (SSSR count). The van der Waals surface area contributed by atoms with E-state index in [0.717, 1.165) is 17.7 Å². The number of hydrogen-bond acceptors (Lipinski definition) is 5. The topological polar surface area (TPSA) is 62.6 Å². The molecule has 0 atom stereocenters. The number of benzene rings is 2. The summed E-state index contributed by atoms with van der Waals surface area (Å²) in [6.45, 7) is 0. The highest BCUT2D eigenvalue weighted by Gasteiger charge is 2.21. The molecule has 0 saturated carbocycles. The van der Waals surface area contributed by atoms with Crippen molar-refractivity contribution in [3.8, 4) is 22.9 Å². The van der Waals surface area contributed by atoms with Gasteiger partial charge >= 0.3 is 0 Å². The molecule has 1 heterocycles. The Morgan fingerprint density at radius 2 is 1.80 bits per heavy atom. The molecule has 30 heavy (non-hydrogen) atoms. The van der Waals surface area contributed by atoms with E-state index in [2.05, 4.69) is 17.1 Å². The van der Waals surface area contributed by atoms with Crippen LogP contribution in [0.25, 0.3) is 11.3 Å². The van der Waals surface area contributed by atoms with Crippen LogP contribution in [-0.4, -0.2) is 36.7 Å². The molecular weight excluding hydrogens is 380 g/mol. The molecule has 0 fully saturated rings. The smallest absolute Gasteiger partial charge is 0.203 e. The van der Waals surface area contributed by atoms with Gasteiger partial charge in [0.25, 0.3) is 0 Å². The monoisotopic (exact) mass is 402 g/mol. The van der Waals surface area contributed by atoms with Gasteiger partial charge in [-0.3, -0.25) is 4.79 Å². The summed E-state index contributed by atoms with van der Waals surface area (Å²) in [5.41, 5.74) is 3.95. The molecule has 1 aliphatic rings. The van der Waals surface area contributed by atoms with Gasteiger partial charge in [-0.05, 0) is 41.8 Å². The average Bonchev–Trinajstić information content (AvgIpc) is 3.51. The first-order valence-electron chi connectivity index (χ1n) is 9.49. The van der Waals surface area contributed by atoms with Crippen LogP contribution in [0.5, 0.6) is 17.2 Å². The highest BCUT2D eigenvalue weighted by molar-refractivity contribution is 6.12. The molecular formula is C24H22N2O4. The van der Waals surface area contributed by atoms with E-state index in [0.29, 0.717) is 28.4 Å². The Morgan fingerprint density at radius 3 is 2.37 bits per heavy atom. The fourth-order valence-corrected chi connectivity index (χ4v) is 3.57. The third-order valence-electron chi connectivity index (χ3n) is 5.09. The van der Waals surface area contributed by atoms with Crippen LogP contribution in [0.1, 0.15) is 27.9 Å². The van der Waals surface area contributed by atoms with Gasteiger partial charge in [0.1, 0.15) is 0 Å². The van der Waals surface area contributed by atoms with Crippen molar-refractivity contribution in [1.82, 2.24) is 9.55 Å². The van der Waals surface area contributed by atoms with Gasteiger partial charge in [-0.1, -0.05) is 24.3 Å². The molecule has 1 aromatic heterocycles. The van der Waals surface area contributed by atoms with E-state index < -0.39 is 0 Å². The largest absolute Gasteiger partial charge is 0.493 e. The molecule has 6 nitrogen and oxygen atoms in total. The lowest BCUT2D eigenvalue weighted by Crippen LogP contribution is -2.09. The van der Waals surface area contributed by atoms with Gasteiger partial charge in [0.2, 0.25) is 5.75 Å². The number of aromatic nitrogens is 2. The minimum absolute atomic E-state index is 0.147. The summed E-state index contributed by atoms with van der Waals surface area (Å²) in [6.07, 6.45) is 12.2. The molecule has 0 aliphatic heterocycles. The van der Waals surface area contributed by atoms with Gasteiger partial charge in [0.05, 0.1) is 33.3 Å². The first kappa shape index (κ1) is 19.5. The van der Waals surface area contributed by atoms with Gasteiger partial charge < -0.3 is 18.8 Å². The average molecular weight is 402 g/mol. The van der Waals surface area contributed by atoms with Crippen LogP contribution in [0, 0.1) is 0 Å². The molecule has 0 amide bonds. The summed E-state index contributed by atoms with van der Waals surface area (Å²) < 4.78 is 18.1. The third-order valence-corrected chi connectivity index (χ3v) is 5.09. The Morgan fingerprint density at radius 1 is 1.03 bits per heavy atom. The zero-order valence-electron chi connectivity index (χ0n) is 17.1. The van der Waals surface area contributed by atoms with Crippen molar-refractivity contribution in [2.45, 2.75) is 6.42 Å². The predicted octanol–water partition coefficient (Wildman–Crippen LogP) is 4.47. The van der Waals surface area contributed by atoms with Gasteiger partial charge in [0.15, 0.2) is 17.3 Å². The van der Waals surface area contributed by atoms with Crippen LogP contribution < -0.4 is 14.2 Å². The second-order valence-electron chi connectivity index (χ2n) is 6.77. The summed E-state index contributed by atoms with van der Waals surface area (Å²) in [5, 5.41) is 0. The number of imidazole rings is 1. The Bertz CT molecular complexity index is 1120. The number of ether oxygens (including phenoxy) is 3. The molecule has 0 radical (unpaired) electrons. The van der Waals surface area contributed by atoms with Crippen molar-refractivity contribution in [3.63, 3.8) is 0 Å². The van der Waals surface area contributed by atoms with Crippen molar-refractivity contribution in [3.05, 3.63) is 84.0 Å². The lowest BCUT2D eigenvalue weighted by atomic mass is 9.95. The summed E-state index contributed by atoms with van der Waals surface area (Å²) in [4.78, 5) is 17.8. The second-order valence-corrected chi connectivity index (χ2v) is 6.77. The van der Waals surface area contributed by atoms with Crippen molar-refractivity contribution in [2.75, 3.05) is 21.3 Å². The van der Waals surface area contributed by atoms with Crippen molar-refractivity contribution < 1.29 is 19.0 Å². The maximum atomic E-state index is 13.6. The first-order valence-corrected chi connectivity index (χ1v) is 9.49. The summed E-state index contributed by atoms with van der Waals surface area (Å²) in [5.74, 6) is 1.17. The van der Waals surface area contributed by atoms with Crippen LogP contribution in [0.3, 0.4) is 0 Å². The van der Waals surface area contributed by atoms with E-state index in [9.17, 15) is 4.79 Å². The van der Waals surface area contributed by atoms with E-state index in [-0.39, 0.29) is 5.78 Å².